The lowest BCUT2D eigenvalue weighted by Gasteiger charge is -2.45. The highest BCUT2D eigenvalue weighted by Crippen LogP contribution is 2.33. The Kier molecular flexibility index (Phi) is 4.94. The Balaban J connectivity index is 1.38. The number of rotatable bonds is 4. The minimum absolute atomic E-state index is 0.193. The molecule has 1 aromatic carbocycles. The fourth-order valence-electron chi connectivity index (χ4n) is 3.34. The summed E-state index contributed by atoms with van der Waals surface area (Å²) in [5.41, 5.74) is 1.47. The number of hydrogen-bond donors (Lipinski definition) is 1. The molecular weight excluding hydrogens is 262 g/mol. The smallest absolute Gasteiger partial charge is 0.0933 e. The van der Waals surface area contributed by atoms with E-state index < -0.39 is 0 Å². The van der Waals surface area contributed by atoms with Crippen LogP contribution in [0.15, 0.2) is 30.3 Å². The van der Waals surface area contributed by atoms with E-state index in [2.05, 4.69) is 24.4 Å². The zero-order valence-corrected chi connectivity index (χ0v) is 13.0. The van der Waals surface area contributed by atoms with E-state index in [0.717, 1.165) is 19.1 Å². The van der Waals surface area contributed by atoms with E-state index in [9.17, 15) is 0 Å². The summed E-state index contributed by atoms with van der Waals surface area (Å²) in [7, 11) is 0. The molecule has 1 heterocycles. The molecule has 1 aromatic rings. The van der Waals surface area contributed by atoms with Crippen molar-refractivity contribution in [2.45, 2.75) is 50.9 Å². The van der Waals surface area contributed by atoms with Gasteiger partial charge in [-0.15, -0.1) is 0 Å². The predicted octanol–water partition coefficient (Wildman–Crippen LogP) is 3.14. The zero-order chi connectivity index (χ0) is 14.5. The molecule has 2 fully saturated rings. The summed E-state index contributed by atoms with van der Waals surface area (Å²) in [5, 5.41) is 3.75. The van der Waals surface area contributed by atoms with Gasteiger partial charge in [-0.2, -0.15) is 0 Å². The van der Waals surface area contributed by atoms with Gasteiger partial charge in [-0.05, 0) is 37.2 Å². The van der Waals surface area contributed by atoms with Gasteiger partial charge >= 0.3 is 0 Å². The van der Waals surface area contributed by atoms with Crippen LogP contribution in [0.1, 0.15) is 38.2 Å². The standard InChI is InChI=1S/C18H27NO2/c1-15-7-9-18(10-8-15)14-21-17(11-19-18)13-20-12-16-5-3-2-4-6-16/h2-6,15,17,19H,7-14H2,1H3. The highest BCUT2D eigenvalue weighted by molar-refractivity contribution is 5.13. The van der Waals surface area contributed by atoms with Gasteiger partial charge in [-0.1, -0.05) is 37.3 Å². The maximum absolute atomic E-state index is 6.06. The number of hydrogen-bond acceptors (Lipinski definition) is 3. The molecule has 1 aliphatic heterocycles. The number of nitrogens with one attached hydrogen (secondary N) is 1. The van der Waals surface area contributed by atoms with Crippen LogP contribution in [-0.2, 0) is 16.1 Å². The van der Waals surface area contributed by atoms with Crippen LogP contribution in [0.3, 0.4) is 0 Å². The lowest BCUT2D eigenvalue weighted by atomic mass is 9.77. The van der Waals surface area contributed by atoms with Crippen molar-refractivity contribution in [3.8, 4) is 0 Å². The van der Waals surface area contributed by atoms with Crippen LogP contribution < -0.4 is 5.32 Å². The van der Waals surface area contributed by atoms with Crippen molar-refractivity contribution in [2.75, 3.05) is 19.8 Å². The Labute approximate surface area is 128 Å². The average molecular weight is 289 g/mol. The summed E-state index contributed by atoms with van der Waals surface area (Å²) < 4.78 is 11.8. The van der Waals surface area contributed by atoms with Crippen molar-refractivity contribution in [2.24, 2.45) is 5.92 Å². The van der Waals surface area contributed by atoms with Crippen molar-refractivity contribution in [1.82, 2.24) is 5.32 Å². The molecule has 1 saturated heterocycles. The van der Waals surface area contributed by atoms with Crippen molar-refractivity contribution in [3.63, 3.8) is 0 Å². The number of ether oxygens (including phenoxy) is 2. The minimum Gasteiger partial charge on any atom is -0.374 e. The zero-order valence-electron chi connectivity index (χ0n) is 13.0. The second-order valence-corrected chi connectivity index (χ2v) is 6.78. The highest BCUT2D eigenvalue weighted by Gasteiger charge is 2.38. The highest BCUT2D eigenvalue weighted by atomic mass is 16.5. The van der Waals surface area contributed by atoms with Crippen LogP contribution in [-0.4, -0.2) is 31.4 Å². The van der Waals surface area contributed by atoms with Gasteiger partial charge in [0.2, 0.25) is 0 Å². The molecule has 1 atom stereocenters. The van der Waals surface area contributed by atoms with Crippen molar-refractivity contribution in [1.29, 1.82) is 0 Å². The van der Waals surface area contributed by atoms with E-state index in [1.807, 2.05) is 18.2 Å². The molecule has 1 spiro atoms. The largest absolute Gasteiger partial charge is 0.374 e. The third-order valence-electron chi connectivity index (χ3n) is 4.95. The quantitative estimate of drug-likeness (QED) is 0.923. The first-order valence-corrected chi connectivity index (χ1v) is 8.24. The van der Waals surface area contributed by atoms with E-state index >= 15 is 0 Å². The fourth-order valence-corrected chi connectivity index (χ4v) is 3.34. The summed E-state index contributed by atoms with van der Waals surface area (Å²) in [4.78, 5) is 0. The normalized spacial score (nSPS) is 33.2. The molecule has 3 heteroatoms. The summed E-state index contributed by atoms with van der Waals surface area (Å²) in [6.45, 7) is 5.47. The van der Waals surface area contributed by atoms with Crippen molar-refractivity contribution >= 4 is 0 Å². The van der Waals surface area contributed by atoms with Crippen LogP contribution in [0.25, 0.3) is 0 Å². The molecule has 1 N–H and O–H groups in total. The van der Waals surface area contributed by atoms with Crippen LogP contribution in [0.5, 0.6) is 0 Å². The molecule has 0 bridgehead atoms. The van der Waals surface area contributed by atoms with E-state index in [4.69, 9.17) is 9.47 Å². The summed E-state index contributed by atoms with van der Waals surface area (Å²) in [6, 6.07) is 10.3. The van der Waals surface area contributed by atoms with E-state index in [1.54, 1.807) is 0 Å². The maximum Gasteiger partial charge on any atom is 0.0933 e. The summed E-state index contributed by atoms with van der Waals surface area (Å²) >= 11 is 0. The Hall–Kier alpha value is -0.900. The van der Waals surface area contributed by atoms with Gasteiger partial charge in [-0.3, -0.25) is 0 Å². The molecular formula is C18H27NO2. The first-order chi connectivity index (χ1) is 10.3. The van der Waals surface area contributed by atoms with E-state index in [-0.39, 0.29) is 11.6 Å². The van der Waals surface area contributed by atoms with Crippen LogP contribution in [0.4, 0.5) is 0 Å². The Morgan fingerprint density at radius 2 is 2.00 bits per heavy atom. The van der Waals surface area contributed by atoms with Gasteiger partial charge in [-0.25, -0.2) is 0 Å². The lowest BCUT2D eigenvalue weighted by Crippen LogP contribution is -2.59. The average Bonchev–Trinajstić information content (AvgIpc) is 2.54. The Morgan fingerprint density at radius 3 is 2.67 bits per heavy atom. The Morgan fingerprint density at radius 1 is 1.24 bits per heavy atom. The predicted molar refractivity (Wildman–Crippen MR) is 84.2 cm³/mol. The first kappa shape index (κ1) is 15.0. The van der Waals surface area contributed by atoms with Gasteiger partial charge in [0, 0.05) is 12.1 Å². The second kappa shape index (κ2) is 6.91. The fraction of sp³-hybridized carbons (Fsp3) is 0.667. The van der Waals surface area contributed by atoms with Gasteiger partial charge in [0.15, 0.2) is 0 Å². The maximum atomic E-state index is 6.06. The Bertz CT molecular complexity index is 416. The molecule has 0 aromatic heterocycles. The molecule has 2 aliphatic rings. The van der Waals surface area contributed by atoms with Gasteiger partial charge in [0.1, 0.15) is 0 Å². The molecule has 0 radical (unpaired) electrons. The molecule has 1 aliphatic carbocycles. The van der Waals surface area contributed by atoms with Gasteiger partial charge < -0.3 is 14.8 Å². The summed E-state index contributed by atoms with van der Waals surface area (Å²) in [5.74, 6) is 0.879. The molecule has 116 valence electrons. The molecule has 3 nitrogen and oxygen atoms in total. The molecule has 1 saturated carbocycles. The van der Waals surface area contributed by atoms with E-state index in [0.29, 0.717) is 13.2 Å². The van der Waals surface area contributed by atoms with Gasteiger partial charge in [0.05, 0.1) is 25.9 Å². The van der Waals surface area contributed by atoms with Crippen LogP contribution >= 0.6 is 0 Å². The topological polar surface area (TPSA) is 30.5 Å². The molecule has 1 unspecified atom stereocenters. The van der Waals surface area contributed by atoms with Crippen molar-refractivity contribution in [3.05, 3.63) is 35.9 Å². The third-order valence-corrected chi connectivity index (χ3v) is 4.95. The van der Waals surface area contributed by atoms with E-state index in [1.165, 1.54) is 31.2 Å². The van der Waals surface area contributed by atoms with Crippen LogP contribution in [0, 0.1) is 5.92 Å². The monoisotopic (exact) mass is 289 g/mol. The molecule has 3 rings (SSSR count). The second-order valence-electron chi connectivity index (χ2n) is 6.78. The number of benzene rings is 1. The van der Waals surface area contributed by atoms with Crippen molar-refractivity contribution < 1.29 is 9.47 Å². The molecule has 21 heavy (non-hydrogen) atoms. The minimum atomic E-state index is 0.193. The number of morpholine rings is 1. The molecule has 0 amide bonds. The van der Waals surface area contributed by atoms with Crippen LogP contribution in [0.2, 0.25) is 0 Å². The van der Waals surface area contributed by atoms with Gasteiger partial charge in [0.25, 0.3) is 0 Å². The lowest BCUT2D eigenvalue weighted by molar-refractivity contribution is -0.0834. The SMILES string of the molecule is CC1CCC2(CC1)COC(COCc1ccccc1)CN2. The third kappa shape index (κ3) is 4.06. The first-order valence-electron chi connectivity index (χ1n) is 8.24. The summed E-state index contributed by atoms with van der Waals surface area (Å²) in [6.07, 6.45) is 5.35.